The fraction of sp³-hybridized carbons (Fsp3) is 0.368. The Hall–Kier alpha value is -0.903. The average Bonchev–Trinajstić information content (AvgIpc) is 2.52. The molecule has 22 heavy (non-hydrogen) atoms. The van der Waals surface area contributed by atoms with Crippen LogP contribution in [0.1, 0.15) is 27.7 Å². The Morgan fingerprint density at radius 1 is 0.909 bits per heavy atom. The van der Waals surface area contributed by atoms with Crippen molar-refractivity contribution in [3.8, 4) is 0 Å². The van der Waals surface area contributed by atoms with E-state index in [2.05, 4.69) is 104 Å². The Bertz CT molecular complexity index is 538. The lowest BCUT2D eigenvalue weighted by molar-refractivity contribution is 0.231. The summed E-state index contributed by atoms with van der Waals surface area (Å²) in [4.78, 5) is 0. The van der Waals surface area contributed by atoms with Crippen LogP contribution in [0.25, 0.3) is 0 Å². The predicted octanol–water partition coefficient (Wildman–Crippen LogP) is 4.35. The van der Waals surface area contributed by atoms with Crippen LogP contribution in [0.15, 0.2) is 60.7 Å². The first-order valence-corrected chi connectivity index (χ1v) is 10.8. The van der Waals surface area contributed by atoms with Crippen molar-refractivity contribution in [1.29, 1.82) is 0 Å². The SMILES string of the molecule is C[C@@H](CBr)O[Si](c1ccccc1)(c1ccccc1)C(C)(C)C. The molecule has 0 N–H and O–H groups in total. The molecule has 3 heteroatoms. The highest BCUT2D eigenvalue weighted by Gasteiger charge is 2.50. The first-order valence-electron chi connectivity index (χ1n) is 7.76. The van der Waals surface area contributed by atoms with Crippen LogP contribution >= 0.6 is 15.9 Å². The maximum Gasteiger partial charge on any atom is 0.261 e. The lowest BCUT2D eigenvalue weighted by Crippen LogP contribution is -2.67. The summed E-state index contributed by atoms with van der Waals surface area (Å²) in [6.07, 6.45) is 0.173. The smallest absolute Gasteiger partial charge is 0.261 e. The summed E-state index contributed by atoms with van der Waals surface area (Å²) in [5.41, 5.74) is 0. The standard InChI is InChI=1S/C19H25BrOSi/c1-16(15-20)21-22(19(2,3)4,17-11-7-5-8-12-17)18-13-9-6-10-14-18/h5-14,16H,15H2,1-4H3/t16-/m0/s1. The van der Waals surface area contributed by atoms with Gasteiger partial charge in [-0.25, -0.2) is 0 Å². The molecule has 0 unspecified atom stereocenters. The highest BCUT2D eigenvalue weighted by molar-refractivity contribution is 9.09. The third-order valence-corrected chi connectivity index (χ3v) is 10.1. The largest absolute Gasteiger partial charge is 0.404 e. The van der Waals surface area contributed by atoms with Crippen molar-refractivity contribution in [2.45, 2.75) is 38.8 Å². The molecule has 0 saturated heterocycles. The summed E-state index contributed by atoms with van der Waals surface area (Å²) in [5, 5.41) is 3.56. The number of hydrogen-bond donors (Lipinski definition) is 0. The molecule has 0 radical (unpaired) electrons. The van der Waals surface area contributed by atoms with Crippen LogP contribution < -0.4 is 10.4 Å². The molecule has 0 bridgehead atoms. The van der Waals surface area contributed by atoms with E-state index in [1.165, 1.54) is 10.4 Å². The zero-order valence-electron chi connectivity index (χ0n) is 13.8. The second-order valence-electron chi connectivity index (χ2n) is 6.75. The van der Waals surface area contributed by atoms with Crippen LogP contribution in [0.4, 0.5) is 0 Å². The first-order chi connectivity index (χ1) is 10.4. The van der Waals surface area contributed by atoms with Crippen LogP contribution in [-0.2, 0) is 4.43 Å². The third kappa shape index (κ3) is 3.37. The van der Waals surface area contributed by atoms with E-state index in [1.807, 2.05) is 0 Å². The summed E-state index contributed by atoms with van der Waals surface area (Å²) in [6.45, 7) is 9.06. The van der Waals surface area contributed by atoms with E-state index in [4.69, 9.17) is 4.43 Å². The second kappa shape index (κ2) is 7.11. The van der Waals surface area contributed by atoms with Gasteiger partial charge < -0.3 is 4.43 Å². The van der Waals surface area contributed by atoms with E-state index in [-0.39, 0.29) is 11.1 Å². The quantitative estimate of drug-likeness (QED) is 0.556. The van der Waals surface area contributed by atoms with E-state index in [1.54, 1.807) is 0 Å². The van der Waals surface area contributed by atoms with E-state index in [9.17, 15) is 0 Å². The molecule has 0 aliphatic rings. The molecule has 1 atom stereocenters. The van der Waals surface area contributed by atoms with Crippen molar-refractivity contribution >= 4 is 34.6 Å². The molecule has 118 valence electrons. The van der Waals surface area contributed by atoms with Gasteiger partial charge in [-0.05, 0) is 22.3 Å². The molecule has 0 spiro atoms. The van der Waals surface area contributed by atoms with Crippen LogP contribution in [-0.4, -0.2) is 19.8 Å². The summed E-state index contributed by atoms with van der Waals surface area (Å²) in [7, 11) is -2.36. The number of rotatable bonds is 5. The van der Waals surface area contributed by atoms with Gasteiger partial charge in [-0.1, -0.05) is 97.4 Å². The van der Waals surface area contributed by atoms with Crippen molar-refractivity contribution < 1.29 is 4.43 Å². The Morgan fingerprint density at radius 3 is 1.64 bits per heavy atom. The highest BCUT2D eigenvalue weighted by atomic mass is 79.9. The highest BCUT2D eigenvalue weighted by Crippen LogP contribution is 2.37. The second-order valence-corrected chi connectivity index (χ2v) is 11.6. The van der Waals surface area contributed by atoms with Gasteiger partial charge in [-0.3, -0.25) is 0 Å². The summed E-state index contributed by atoms with van der Waals surface area (Å²) in [6, 6.07) is 21.5. The predicted molar refractivity (Wildman–Crippen MR) is 102 cm³/mol. The van der Waals surface area contributed by atoms with Gasteiger partial charge in [-0.2, -0.15) is 0 Å². The van der Waals surface area contributed by atoms with Crippen molar-refractivity contribution in [3.63, 3.8) is 0 Å². The maximum absolute atomic E-state index is 6.82. The Morgan fingerprint density at radius 2 is 1.32 bits per heavy atom. The lowest BCUT2D eigenvalue weighted by Gasteiger charge is -2.44. The Labute approximate surface area is 144 Å². The molecule has 1 nitrogen and oxygen atoms in total. The van der Waals surface area contributed by atoms with Gasteiger partial charge in [0.05, 0.1) is 6.10 Å². The molecule has 0 heterocycles. The van der Waals surface area contributed by atoms with Gasteiger partial charge in [0, 0.05) is 5.33 Å². The van der Waals surface area contributed by atoms with Gasteiger partial charge in [-0.15, -0.1) is 0 Å². The number of hydrogen-bond acceptors (Lipinski definition) is 1. The van der Waals surface area contributed by atoms with Crippen molar-refractivity contribution in [2.24, 2.45) is 0 Å². The molecule has 0 aromatic heterocycles. The minimum atomic E-state index is -2.36. The van der Waals surface area contributed by atoms with Crippen LogP contribution in [0.5, 0.6) is 0 Å². The zero-order chi connectivity index (χ0) is 16.2. The van der Waals surface area contributed by atoms with Crippen LogP contribution in [0.2, 0.25) is 5.04 Å². The van der Waals surface area contributed by atoms with Gasteiger partial charge >= 0.3 is 0 Å². The first kappa shape index (κ1) is 17.5. The third-order valence-electron chi connectivity index (χ3n) is 4.01. The molecule has 0 fully saturated rings. The molecular formula is C19H25BrOSi. The van der Waals surface area contributed by atoms with E-state index in [0.29, 0.717) is 0 Å². The normalized spacial score (nSPS) is 13.9. The molecule has 0 aliphatic carbocycles. The molecule has 2 rings (SSSR count). The minimum absolute atomic E-state index is 0.0478. The molecule has 0 amide bonds. The molecular weight excluding hydrogens is 352 g/mol. The van der Waals surface area contributed by atoms with Gasteiger partial charge in [0.25, 0.3) is 8.32 Å². The van der Waals surface area contributed by atoms with Gasteiger partial charge in [0.15, 0.2) is 0 Å². The molecule has 2 aromatic rings. The van der Waals surface area contributed by atoms with E-state index < -0.39 is 8.32 Å². The summed E-state index contributed by atoms with van der Waals surface area (Å²) in [5.74, 6) is 0. The Kier molecular flexibility index (Phi) is 5.64. The van der Waals surface area contributed by atoms with Gasteiger partial charge in [0.1, 0.15) is 0 Å². The van der Waals surface area contributed by atoms with Crippen molar-refractivity contribution in [1.82, 2.24) is 0 Å². The van der Waals surface area contributed by atoms with Crippen LogP contribution in [0.3, 0.4) is 0 Å². The monoisotopic (exact) mass is 376 g/mol. The fourth-order valence-electron chi connectivity index (χ4n) is 3.02. The maximum atomic E-state index is 6.82. The molecule has 0 saturated carbocycles. The average molecular weight is 377 g/mol. The fourth-order valence-corrected chi connectivity index (χ4v) is 8.10. The van der Waals surface area contributed by atoms with Crippen molar-refractivity contribution in [3.05, 3.63) is 60.7 Å². The minimum Gasteiger partial charge on any atom is -0.404 e. The van der Waals surface area contributed by atoms with Crippen LogP contribution in [0, 0.1) is 0 Å². The van der Waals surface area contributed by atoms with E-state index >= 15 is 0 Å². The number of alkyl halides is 1. The molecule has 2 aromatic carbocycles. The van der Waals surface area contributed by atoms with E-state index in [0.717, 1.165) is 5.33 Å². The lowest BCUT2D eigenvalue weighted by atomic mass is 10.2. The zero-order valence-corrected chi connectivity index (χ0v) is 16.4. The van der Waals surface area contributed by atoms with Gasteiger partial charge in [0.2, 0.25) is 0 Å². The summed E-state index contributed by atoms with van der Waals surface area (Å²) >= 11 is 3.58. The molecule has 0 aliphatic heterocycles. The number of benzene rings is 2. The Balaban J connectivity index is 2.70. The summed E-state index contributed by atoms with van der Waals surface area (Å²) < 4.78 is 6.82. The topological polar surface area (TPSA) is 9.23 Å². The number of halogens is 1. The van der Waals surface area contributed by atoms with Crippen molar-refractivity contribution in [2.75, 3.05) is 5.33 Å².